The zero-order chi connectivity index (χ0) is 10.0. The minimum atomic E-state index is -2.89. The fourth-order valence-corrected chi connectivity index (χ4v) is 1.02. The Hall–Kier alpha value is -0.910. The molecule has 1 aromatic heterocycles. The van der Waals surface area contributed by atoms with Gasteiger partial charge >= 0.3 is 0 Å². The number of carbonyl (C=O) groups is 1. The first-order valence-corrected chi connectivity index (χ1v) is 3.95. The number of hydrogen-bond acceptors (Lipinski definition) is 2. The van der Waals surface area contributed by atoms with Gasteiger partial charge in [0.05, 0.1) is 4.47 Å². The molecular formula is C7H3BrF3NO. The van der Waals surface area contributed by atoms with Crippen LogP contribution in [0.4, 0.5) is 13.2 Å². The van der Waals surface area contributed by atoms with Crippen LogP contribution in [0, 0.1) is 5.82 Å². The number of rotatable bonds is 2. The molecule has 1 heterocycles. The summed E-state index contributed by atoms with van der Waals surface area (Å²) >= 11 is 2.71. The van der Waals surface area contributed by atoms with E-state index in [9.17, 15) is 18.0 Å². The van der Waals surface area contributed by atoms with E-state index in [4.69, 9.17) is 0 Å². The molecule has 0 spiro atoms. The summed E-state index contributed by atoms with van der Waals surface area (Å²) in [6.45, 7) is 0. The number of aldehydes is 1. The van der Waals surface area contributed by atoms with E-state index in [0.29, 0.717) is 6.07 Å². The molecule has 0 aliphatic heterocycles. The lowest BCUT2D eigenvalue weighted by Gasteiger charge is -2.02. The van der Waals surface area contributed by atoms with E-state index in [1.54, 1.807) is 0 Å². The predicted octanol–water partition coefficient (Wildman–Crippen LogP) is 2.73. The highest BCUT2D eigenvalue weighted by molar-refractivity contribution is 9.10. The van der Waals surface area contributed by atoms with Crippen molar-refractivity contribution >= 4 is 22.2 Å². The Labute approximate surface area is 79.9 Å². The Bertz CT molecular complexity index is 343. The molecule has 0 bridgehead atoms. The van der Waals surface area contributed by atoms with E-state index in [0.717, 1.165) is 0 Å². The number of aromatic nitrogens is 1. The summed E-state index contributed by atoms with van der Waals surface area (Å²) in [7, 11) is 0. The number of hydrogen-bond donors (Lipinski definition) is 0. The molecule has 0 aliphatic carbocycles. The molecule has 0 radical (unpaired) electrons. The van der Waals surface area contributed by atoms with Gasteiger partial charge in [0.15, 0.2) is 6.29 Å². The van der Waals surface area contributed by atoms with Gasteiger partial charge in [-0.1, -0.05) is 0 Å². The maximum atomic E-state index is 12.8. The first-order valence-electron chi connectivity index (χ1n) is 3.15. The minimum Gasteiger partial charge on any atom is -0.296 e. The third kappa shape index (κ3) is 2.06. The van der Waals surface area contributed by atoms with Crippen molar-refractivity contribution in [1.82, 2.24) is 4.98 Å². The van der Waals surface area contributed by atoms with Crippen LogP contribution in [-0.4, -0.2) is 11.3 Å². The molecule has 0 fully saturated rings. The third-order valence-electron chi connectivity index (χ3n) is 1.29. The van der Waals surface area contributed by atoms with Crippen molar-refractivity contribution in [3.05, 3.63) is 27.7 Å². The zero-order valence-electron chi connectivity index (χ0n) is 6.10. The SMILES string of the molecule is O=Cc1nc(C(F)F)cc(F)c1Br. The van der Waals surface area contributed by atoms with Gasteiger partial charge in [-0.05, 0) is 15.9 Å². The molecule has 0 saturated heterocycles. The standard InChI is InChI=1S/C7H3BrF3NO/c8-6-3(9)1-4(7(10)11)12-5(6)2-13/h1-2,7H. The van der Waals surface area contributed by atoms with E-state index in [-0.39, 0.29) is 16.5 Å². The molecule has 1 rings (SSSR count). The van der Waals surface area contributed by atoms with Crippen molar-refractivity contribution in [3.63, 3.8) is 0 Å². The second kappa shape index (κ2) is 3.87. The van der Waals surface area contributed by atoms with Crippen LogP contribution in [0.5, 0.6) is 0 Å². The molecule has 13 heavy (non-hydrogen) atoms. The van der Waals surface area contributed by atoms with Gasteiger partial charge in [0.25, 0.3) is 6.43 Å². The van der Waals surface area contributed by atoms with Crippen molar-refractivity contribution in [2.24, 2.45) is 0 Å². The van der Waals surface area contributed by atoms with Gasteiger partial charge in [0.2, 0.25) is 0 Å². The molecule has 6 heteroatoms. The number of nitrogens with zero attached hydrogens (tertiary/aromatic N) is 1. The average molecular weight is 254 g/mol. The molecule has 0 saturated carbocycles. The van der Waals surface area contributed by atoms with E-state index in [1.807, 2.05) is 0 Å². The first kappa shape index (κ1) is 10.2. The number of pyridine rings is 1. The summed E-state index contributed by atoms with van der Waals surface area (Å²) in [4.78, 5) is 13.5. The van der Waals surface area contributed by atoms with Crippen molar-refractivity contribution in [2.45, 2.75) is 6.43 Å². The maximum Gasteiger partial charge on any atom is 0.280 e. The third-order valence-corrected chi connectivity index (χ3v) is 2.08. The van der Waals surface area contributed by atoms with Crippen LogP contribution in [0.1, 0.15) is 22.6 Å². The largest absolute Gasteiger partial charge is 0.296 e. The lowest BCUT2D eigenvalue weighted by molar-refractivity contribution is 0.111. The highest BCUT2D eigenvalue weighted by Crippen LogP contribution is 2.23. The van der Waals surface area contributed by atoms with Gasteiger partial charge in [0, 0.05) is 6.07 Å². The van der Waals surface area contributed by atoms with Crippen LogP contribution in [0.3, 0.4) is 0 Å². The zero-order valence-corrected chi connectivity index (χ0v) is 7.69. The van der Waals surface area contributed by atoms with Crippen LogP contribution in [0.25, 0.3) is 0 Å². The summed E-state index contributed by atoms with van der Waals surface area (Å²) in [6.07, 6.45) is -2.68. The monoisotopic (exact) mass is 253 g/mol. The van der Waals surface area contributed by atoms with Gasteiger partial charge in [0.1, 0.15) is 17.2 Å². The molecule has 70 valence electrons. The van der Waals surface area contributed by atoms with Crippen molar-refractivity contribution in [1.29, 1.82) is 0 Å². The van der Waals surface area contributed by atoms with Gasteiger partial charge in [-0.3, -0.25) is 4.79 Å². The number of carbonyl (C=O) groups excluding carboxylic acids is 1. The van der Waals surface area contributed by atoms with Gasteiger partial charge < -0.3 is 0 Å². The first-order chi connectivity index (χ1) is 6.06. The van der Waals surface area contributed by atoms with E-state index < -0.39 is 17.9 Å². The molecule has 0 atom stereocenters. The number of halogens is 4. The van der Waals surface area contributed by atoms with Crippen LogP contribution < -0.4 is 0 Å². The van der Waals surface area contributed by atoms with Crippen LogP contribution >= 0.6 is 15.9 Å². The second-order valence-electron chi connectivity index (χ2n) is 2.15. The highest BCUT2D eigenvalue weighted by Gasteiger charge is 2.15. The molecule has 2 nitrogen and oxygen atoms in total. The Morgan fingerprint density at radius 3 is 2.62 bits per heavy atom. The molecule has 1 aromatic rings. The van der Waals surface area contributed by atoms with Crippen molar-refractivity contribution < 1.29 is 18.0 Å². The summed E-state index contributed by atoms with van der Waals surface area (Å²) < 4.78 is 36.7. The summed E-state index contributed by atoms with van der Waals surface area (Å²) in [6, 6.07) is 0.585. The normalized spacial score (nSPS) is 10.5. The predicted molar refractivity (Wildman–Crippen MR) is 42.2 cm³/mol. The Kier molecular flexibility index (Phi) is 3.02. The molecule has 0 unspecified atom stereocenters. The molecule has 0 aromatic carbocycles. The summed E-state index contributed by atoms with van der Waals surface area (Å²) in [5.41, 5.74) is -1.11. The molecule has 0 N–H and O–H groups in total. The lowest BCUT2D eigenvalue weighted by Crippen LogP contribution is -1.99. The van der Waals surface area contributed by atoms with Crippen molar-refractivity contribution in [2.75, 3.05) is 0 Å². The quantitative estimate of drug-likeness (QED) is 0.759. The summed E-state index contributed by atoms with van der Waals surface area (Å²) in [5.74, 6) is -0.924. The average Bonchev–Trinajstić information content (AvgIpc) is 2.09. The summed E-state index contributed by atoms with van der Waals surface area (Å²) in [5, 5.41) is 0. The molecule has 0 aliphatic rings. The highest BCUT2D eigenvalue weighted by atomic mass is 79.9. The van der Waals surface area contributed by atoms with Gasteiger partial charge in [-0.2, -0.15) is 0 Å². The molecular weight excluding hydrogens is 251 g/mol. The number of alkyl halides is 2. The second-order valence-corrected chi connectivity index (χ2v) is 2.94. The smallest absolute Gasteiger partial charge is 0.280 e. The fraction of sp³-hybridized carbons (Fsp3) is 0.143. The fourth-order valence-electron chi connectivity index (χ4n) is 0.726. The topological polar surface area (TPSA) is 30.0 Å². The van der Waals surface area contributed by atoms with Gasteiger partial charge in [-0.15, -0.1) is 0 Å². The Balaban J connectivity index is 3.30. The minimum absolute atomic E-state index is 0.202. The maximum absolute atomic E-state index is 12.8. The van der Waals surface area contributed by atoms with Crippen LogP contribution in [0.15, 0.2) is 10.5 Å². The van der Waals surface area contributed by atoms with Crippen molar-refractivity contribution in [3.8, 4) is 0 Å². The molecule has 0 amide bonds. The van der Waals surface area contributed by atoms with E-state index >= 15 is 0 Å². The lowest BCUT2D eigenvalue weighted by atomic mass is 10.3. The van der Waals surface area contributed by atoms with Crippen LogP contribution in [-0.2, 0) is 0 Å². The Morgan fingerprint density at radius 2 is 2.15 bits per heavy atom. The van der Waals surface area contributed by atoms with E-state index in [2.05, 4.69) is 20.9 Å². The Morgan fingerprint density at radius 1 is 1.54 bits per heavy atom. The van der Waals surface area contributed by atoms with Crippen LogP contribution in [0.2, 0.25) is 0 Å². The van der Waals surface area contributed by atoms with E-state index in [1.165, 1.54) is 0 Å². The van der Waals surface area contributed by atoms with Gasteiger partial charge in [-0.25, -0.2) is 18.2 Å².